The number of ketones is 1. The van der Waals surface area contributed by atoms with Crippen LogP contribution >= 0.6 is 11.8 Å². The predicted octanol–water partition coefficient (Wildman–Crippen LogP) is 4.90. The van der Waals surface area contributed by atoms with Gasteiger partial charge in [0.05, 0.1) is 10.5 Å². The van der Waals surface area contributed by atoms with Gasteiger partial charge in [-0.25, -0.2) is 0 Å². The molecule has 140 valence electrons. The summed E-state index contributed by atoms with van der Waals surface area (Å²) in [4.78, 5) is 13.3. The van der Waals surface area contributed by atoms with Crippen molar-refractivity contribution in [2.75, 3.05) is 5.75 Å². The maximum atomic E-state index is 12.6. The molecule has 2 atom stereocenters. The second kappa shape index (κ2) is 8.90. The number of thioether (sulfide) groups is 1. The maximum Gasteiger partial charge on any atom is 0.229 e. The molecule has 0 aromatic carbocycles. The minimum Gasteiger partial charge on any atom is -0.549 e. The van der Waals surface area contributed by atoms with Crippen LogP contribution in [0.2, 0.25) is 13.1 Å². The van der Waals surface area contributed by atoms with E-state index in [4.69, 9.17) is 4.43 Å². The van der Waals surface area contributed by atoms with Crippen molar-refractivity contribution >= 4 is 26.6 Å². The minimum absolute atomic E-state index is 0.0141. The third kappa shape index (κ3) is 6.56. The summed E-state index contributed by atoms with van der Waals surface area (Å²) in [5.74, 6) is 1.81. The van der Waals surface area contributed by atoms with E-state index in [1.165, 1.54) is 11.8 Å². The monoisotopic (exact) mass is 372 g/mol. The van der Waals surface area contributed by atoms with Gasteiger partial charge in [-0.3, -0.25) is 4.79 Å². The van der Waals surface area contributed by atoms with E-state index in [2.05, 4.69) is 40.8 Å². The summed E-state index contributed by atoms with van der Waals surface area (Å²) in [6.07, 6.45) is 4.65. The molecule has 0 radical (unpaired) electrons. The Morgan fingerprint density at radius 2 is 1.88 bits per heavy atom. The van der Waals surface area contributed by atoms with Crippen molar-refractivity contribution in [3.63, 3.8) is 0 Å². The van der Waals surface area contributed by atoms with Gasteiger partial charge in [0.2, 0.25) is 9.04 Å². The van der Waals surface area contributed by atoms with Crippen LogP contribution in [0.25, 0.3) is 0 Å². The van der Waals surface area contributed by atoms with E-state index in [9.17, 15) is 9.90 Å². The standard InChI is InChI=1S/C19H36O3SSi/c1-8-9-10-11-19(5,21)13-23-17-15(20)12-14(18(2,3)4)16(17)22-24(6)7/h14,21,24H,8-13H2,1-7H3. The van der Waals surface area contributed by atoms with Crippen molar-refractivity contribution in [3.05, 3.63) is 10.7 Å². The average molecular weight is 373 g/mol. The normalized spacial score (nSPS) is 21.5. The zero-order valence-electron chi connectivity index (χ0n) is 16.6. The Bertz CT molecular complexity index is 464. The zero-order chi connectivity index (χ0) is 18.5. The summed E-state index contributed by atoms with van der Waals surface area (Å²) in [6.45, 7) is 14.8. The van der Waals surface area contributed by atoms with Crippen LogP contribution in [0.4, 0.5) is 0 Å². The molecule has 0 saturated carbocycles. The Balaban J connectivity index is 2.88. The summed E-state index contributed by atoms with van der Waals surface area (Å²) in [7, 11) is -1.28. The lowest BCUT2D eigenvalue weighted by atomic mass is 9.79. The van der Waals surface area contributed by atoms with Crippen molar-refractivity contribution in [3.8, 4) is 0 Å². The van der Waals surface area contributed by atoms with Gasteiger partial charge in [0.1, 0.15) is 5.76 Å². The number of Topliss-reactive ketones (excluding diaryl/α,β-unsaturated/α-hetero) is 1. The van der Waals surface area contributed by atoms with Crippen molar-refractivity contribution in [2.24, 2.45) is 11.3 Å². The molecular weight excluding hydrogens is 336 g/mol. The lowest BCUT2D eigenvalue weighted by molar-refractivity contribution is -0.115. The molecule has 1 aliphatic rings. The largest absolute Gasteiger partial charge is 0.549 e. The molecule has 1 N–H and O–H groups in total. The van der Waals surface area contributed by atoms with E-state index in [1.54, 1.807) is 0 Å². The van der Waals surface area contributed by atoms with Gasteiger partial charge in [0, 0.05) is 18.1 Å². The fourth-order valence-corrected chi connectivity index (χ4v) is 5.01. The number of carbonyl (C=O) groups is 1. The van der Waals surface area contributed by atoms with Gasteiger partial charge < -0.3 is 9.53 Å². The molecule has 3 nitrogen and oxygen atoms in total. The van der Waals surface area contributed by atoms with E-state index in [0.29, 0.717) is 12.2 Å². The number of unbranched alkanes of at least 4 members (excludes halogenated alkanes) is 2. The first kappa shape index (κ1) is 21.8. The Kier molecular flexibility index (Phi) is 8.08. The van der Waals surface area contributed by atoms with Crippen LogP contribution in [0.1, 0.15) is 66.7 Å². The number of hydrogen-bond donors (Lipinski definition) is 1. The van der Waals surface area contributed by atoms with Crippen LogP contribution in [0.3, 0.4) is 0 Å². The number of carbonyl (C=O) groups excluding carboxylic acids is 1. The summed E-state index contributed by atoms with van der Waals surface area (Å²) in [6, 6.07) is 0. The Hall–Kier alpha value is -0.263. The fraction of sp³-hybridized carbons (Fsp3) is 0.842. The smallest absolute Gasteiger partial charge is 0.229 e. The summed E-state index contributed by atoms with van der Waals surface area (Å²) in [5.41, 5.74) is -0.715. The summed E-state index contributed by atoms with van der Waals surface area (Å²) < 4.78 is 6.19. The van der Waals surface area contributed by atoms with E-state index in [1.807, 2.05) is 6.92 Å². The molecule has 2 unspecified atom stereocenters. The third-order valence-electron chi connectivity index (χ3n) is 4.44. The van der Waals surface area contributed by atoms with E-state index >= 15 is 0 Å². The Morgan fingerprint density at radius 3 is 2.38 bits per heavy atom. The van der Waals surface area contributed by atoms with Gasteiger partial charge >= 0.3 is 0 Å². The van der Waals surface area contributed by atoms with Crippen LogP contribution < -0.4 is 0 Å². The van der Waals surface area contributed by atoms with Gasteiger partial charge in [-0.15, -0.1) is 11.8 Å². The van der Waals surface area contributed by atoms with Crippen LogP contribution in [-0.4, -0.2) is 31.3 Å². The highest BCUT2D eigenvalue weighted by Gasteiger charge is 2.41. The molecule has 0 fully saturated rings. The molecule has 1 rings (SSSR count). The van der Waals surface area contributed by atoms with Gasteiger partial charge in [0.15, 0.2) is 5.78 Å². The highest BCUT2D eigenvalue weighted by Crippen LogP contribution is 2.46. The first-order valence-corrected chi connectivity index (χ1v) is 13.0. The number of rotatable bonds is 9. The van der Waals surface area contributed by atoms with Gasteiger partial charge in [0.25, 0.3) is 0 Å². The highest BCUT2D eigenvalue weighted by atomic mass is 32.2. The molecule has 0 saturated heterocycles. The van der Waals surface area contributed by atoms with Crippen molar-refractivity contribution in [2.45, 2.75) is 85.4 Å². The highest BCUT2D eigenvalue weighted by molar-refractivity contribution is 8.04. The lowest BCUT2D eigenvalue weighted by Gasteiger charge is -2.30. The van der Waals surface area contributed by atoms with E-state index in [0.717, 1.165) is 36.3 Å². The molecule has 0 aromatic rings. The first-order chi connectivity index (χ1) is 11.0. The summed E-state index contributed by atoms with van der Waals surface area (Å²) >= 11 is 1.50. The second-order valence-corrected chi connectivity index (χ2v) is 12.0. The van der Waals surface area contributed by atoms with E-state index in [-0.39, 0.29) is 17.1 Å². The molecule has 0 spiro atoms. The van der Waals surface area contributed by atoms with Crippen molar-refractivity contribution < 1.29 is 14.3 Å². The number of hydrogen-bond acceptors (Lipinski definition) is 4. The zero-order valence-corrected chi connectivity index (χ0v) is 18.5. The molecule has 24 heavy (non-hydrogen) atoms. The topological polar surface area (TPSA) is 46.5 Å². The quantitative estimate of drug-likeness (QED) is 0.462. The number of aliphatic hydroxyl groups is 1. The SMILES string of the molecule is CCCCCC(C)(O)CSC1=C(O[SiH](C)C)C(C(C)(C)C)CC1=O. The van der Waals surface area contributed by atoms with Crippen LogP contribution in [0, 0.1) is 11.3 Å². The average Bonchev–Trinajstić information content (AvgIpc) is 2.72. The van der Waals surface area contributed by atoms with Crippen LogP contribution in [-0.2, 0) is 9.22 Å². The molecule has 0 amide bonds. The summed E-state index contributed by atoms with van der Waals surface area (Å²) in [5, 5.41) is 10.6. The Labute approximate surface area is 154 Å². The molecule has 5 heteroatoms. The predicted molar refractivity (Wildman–Crippen MR) is 107 cm³/mol. The fourth-order valence-electron chi connectivity index (χ4n) is 2.96. The second-order valence-electron chi connectivity index (χ2n) is 8.65. The number of allylic oxidation sites excluding steroid dienone is 2. The van der Waals surface area contributed by atoms with E-state index < -0.39 is 14.6 Å². The molecule has 0 bridgehead atoms. The van der Waals surface area contributed by atoms with Crippen LogP contribution in [0.5, 0.6) is 0 Å². The third-order valence-corrected chi connectivity index (χ3v) is 6.65. The minimum atomic E-state index is -1.28. The molecule has 0 heterocycles. The maximum absolute atomic E-state index is 12.6. The molecular formula is C19H36O3SSi. The van der Waals surface area contributed by atoms with Gasteiger partial charge in [-0.2, -0.15) is 0 Å². The van der Waals surface area contributed by atoms with Gasteiger partial charge in [-0.05, 0) is 31.9 Å². The lowest BCUT2D eigenvalue weighted by Crippen LogP contribution is -2.27. The molecule has 0 aromatic heterocycles. The molecule has 0 aliphatic heterocycles. The Morgan fingerprint density at radius 1 is 1.25 bits per heavy atom. The van der Waals surface area contributed by atoms with Gasteiger partial charge in [-0.1, -0.05) is 47.0 Å². The van der Waals surface area contributed by atoms with Crippen molar-refractivity contribution in [1.29, 1.82) is 0 Å². The van der Waals surface area contributed by atoms with Crippen LogP contribution in [0.15, 0.2) is 10.7 Å². The first-order valence-electron chi connectivity index (χ1n) is 9.27. The molecule has 1 aliphatic carbocycles. The van der Waals surface area contributed by atoms with Crippen molar-refractivity contribution in [1.82, 2.24) is 0 Å².